The van der Waals surface area contributed by atoms with Crippen LogP contribution in [0.3, 0.4) is 0 Å². The van der Waals surface area contributed by atoms with E-state index in [0.717, 1.165) is 33.8 Å². The van der Waals surface area contributed by atoms with E-state index in [1.54, 1.807) is 4.68 Å². The highest BCUT2D eigenvalue weighted by Gasteiger charge is 2.12. The lowest BCUT2D eigenvalue weighted by Crippen LogP contribution is -2.00. The summed E-state index contributed by atoms with van der Waals surface area (Å²) < 4.78 is 7.46. The Labute approximate surface area is 118 Å². The Balaban J connectivity index is 2.21. The van der Waals surface area contributed by atoms with Gasteiger partial charge in [0.15, 0.2) is 0 Å². The van der Waals surface area contributed by atoms with Crippen molar-refractivity contribution in [3.05, 3.63) is 39.7 Å². The highest BCUT2D eigenvalue weighted by molar-refractivity contribution is 6.30. The minimum atomic E-state index is 0.391. The molecule has 0 atom stereocenters. The van der Waals surface area contributed by atoms with Crippen LogP contribution < -0.4 is 10.5 Å². The maximum Gasteiger partial charge on any atom is 0.133 e. The number of nitrogens with two attached hydrogens (primary N) is 1. The molecule has 0 radical (unpaired) electrons. The van der Waals surface area contributed by atoms with E-state index in [0.29, 0.717) is 11.8 Å². The standard InChI is InChI=1S/C14H18ClN3O/c1-8-5-9(2)13(6-12(8)16)19-7-11-10(3)17-18(4)14(11)15/h5-6H,7,16H2,1-4H3. The third kappa shape index (κ3) is 2.68. The summed E-state index contributed by atoms with van der Waals surface area (Å²) in [7, 11) is 1.81. The predicted molar refractivity (Wildman–Crippen MR) is 77.6 cm³/mol. The predicted octanol–water partition coefficient (Wildman–Crippen LogP) is 3.16. The molecule has 1 aromatic heterocycles. The lowest BCUT2D eigenvalue weighted by molar-refractivity contribution is 0.303. The molecule has 0 fully saturated rings. The largest absolute Gasteiger partial charge is 0.488 e. The van der Waals surface area contributed by atoms with Gasteiger partial charge in [-0.1, -0.05) is 17.7 Å². The van der Waals surface area contributed by atoms with Crippen LogP contribution in [0.1, 0.15) is 22.4 Å². The first kappa shape index (κ1) is 13.7. The first-order valence-electron chi connectivity index (χ1n) is 6.07. The second kappa shape index (κ2) is 5.13. The number of benzene rings is 1. The SMILES string of the molecule is Cc1cc(C)c(OCc2c(C)nn(C)c2Cl)cc1N. The van der Waals surface area contributed by atoms with E-state index in [1.807, 2.05) is 40.0 Å². The zero-order valence-corrected chi connectivity index (χ0v) is 12.4. The average Bonchev–Trinajstić information content (AvgIpc) is 2.57. The summed E-state index contributed by atoms with van der Waals surface area (Å²) in [4.78, 5) is 0. The fraction of sp³-hybridized carbons (Fsp3) is 0.357. The monoisotopic (exact) mass is 279 g/mol. The number of nitrogen functional groups attached to an aromatic ring is 1. The summed E-state index contributed by atoms with van der Waals surface area (Å²) in [6, 6.07) is 3.87. The van der Waals surface area contributed by atoms with Gasteiger partial charge in [-0.15, -0.1) is 0 Å². The number of hydrogen-bond donors (Lipinski definition) is 1. The summed E-state index contributed by atoms with van der Waals surface area (Å²) >= 11 is 6.17. The molecule has 102 valence electrons. The third-order valence-electron chi connectivity index (χ3n) is 3.21. The van der Waals surface area contributed by atoms with E-state index in [9.17, 15) is 0 Å². The molecule has 1 heterocycles. The van der Waals surface area contributed by atoms with Gasteiger partial charge in [-0.25, -0.2) is 0 Å². The topological polar surface area (TPSA) is 53.1 Å². The summed E-state index contributed by atoms with van der Waals surface area (Å²) in [5.74, 6) is 0.780. The van der Waals surface area contributed by atoms with Crippen molar-refractivity contribution in [2.75, 3.05) is 5.73 Å². The second-order valence-corrected chi connectivity index (χ2v) is 5.10. The lowest BCUT2D eigenvalue weighted by atomic mass is 10.1. The Morgan fingerprint density at radius 1 is 1.26 bits per heavy atom. The molecule has 4 nitrogen and oxygen atoms in total. The number of halogens is 1. The van der Waals surface area contributed by atoms with Gasteiger partial charge in [0.25, 0.3) is 0 Å². The summed E-state index contributed by atoms with van der Waals surface area (Å²) in [5, 5.41) is 4.86. The van der Waals surface area contributed by atoms with Gasteiger partial charge in [0.05, 0.1) is 5.69 Å². The van der Waals surface area contributed by atoms with Crippen molar-refractivity contribution in [1.82, 2.24) is 9.78 Å². The van der Waals surface area contributed by atoms with E-state index in [-0.39, 0.29) is 0 Å². The molecule has 0 aliphatic heterocycles. The number of nitrogens with zero attached hydrogens (tertiary/aromatic N) is 2. The molecule has 1 aromatic carbocycles. The fourth-order valence-electron chi connectivity index (χ4n) is 1.99. The van der Waals surface area contributed by atoms with Crippen molar-refractivity contribution in [1.29, 1.82) is 0 Å². The molecule has 0 saturated carbocycles. The molecule has 0 aliphatic rings. The van der Waals surface area contributed by atoms with Crippen LogP contribution in [0.25, 0.3) is 0 Å². The van der Waals surface area contributed by atoms with Crippen molar-refractivity contribution in [3.63, 3.8) is 0 Å². The average molecular weight is 280 g/mol. The summed E-state index contributed by atoms with van der Waals surface area (Å²) in [6.07, 6.45) is 0. The lowest BCUT2D eigenvalue weighted by Gasteiger charge is -2.11. The molecule has 19 heavy (non-hydrogen) atoms. The van der Waals surface area contributed by atoms with Gasteiger partial charge < -0.3 is 10.5 Å². The molecule has 2 N–H and O–H groups in total. The van der Waals surface area contributed by atoms with Crippen molar-refractivity contribution < 1.29 is 4.74 Å². The molecule has 0 unspecified atom stereocenters. The number of aryl methyl sites for hydroxylation is 4. The highest BCUT2D eigenvalue weighted by atomic mass is 35.5. The van der Waals surface area contributed by atoms with E-state index in [2.05, 4.69) is 5.10 Å². The Bertz CT molecular complexity index is 620. The van der Waals surface area contributed by atoms with Gasteiger partial charge in [0.2, 0.25) is 0 Å². The molecule has 0 aliphatic carbocycles. The van der Waals surface area contributed by atoms with Crippen LogP contribution in [0, 0.1) is 20.8 Å². The van der Waals surface area contributed by atoms with Crippen LogP contribution in [-0.2, 0) is 13.7 Å². The molecule has 0 saturated heterocycles. The van der Waals surface area contributed by atoms with E-state index < -0.39 is 0 Å². The number of anilines is 1. The van der Waals surface area contributed by atoms with Crippen molar-refractivity contribution in [2.24, 2.45) is 7.05 Å². The molecule has 2 rings (SSSR count). The number of ether oxygens (including phenoxy) is 1. The van der Waals surface area contributed by atoms with Crippen molar-refractivity contribution in [2.45, 2.75) is 27.4 Å². The normalized spacial score (nSPS) is 10.8. The van der Waals surface area contributed by atoms with E-state index in [1.165, 1.54) is 0 Å². The van der Waals surface area contributed by atoms with Gasteiger partial charge in [0, 0.05) is 24.4 Å². The zero-order valence-electron chi connectivity index (χ0n) is 11.6. The van der Waals surface area contributed by atoms with Gasteiger partial charge in [-0.05, 0) is 31.9 Å². The Kier molecular flexibility index (Phi) is 3.71. The molecular weight excluding hydrogens is 262 g/mol. The maximum atomic E-state index is 6.17. The first-order valence-corrected chi connectivity index (χ1v) is 6.45. The van der Waals surface area contributed by atoms with Gasteiger partial charge in [-0.2, -0.15) is 5.10 Å². The zero-order chi connectivity index (χ0) is 14.2. The number of rotatable bonds is 3. The molecular formula is C14H18ClN3O. The van der Waals surface area contributed by atoms with Crippen LogP contribution in [0.5, 0.6) is 5.75 Å². The van der Waals surface area contributed by atoms with Crippen molar-refractivity contribution in [3.8, 4) is 5.75 Å². The van der Waals surface area contributed by atoms with Crippen LogP contribution in [0.15, 0.2) is 12.1 Å². The minimum Gasteiger partial charge on any atom is -0.488 e. The minimum absolute atomic E-state index is 0.391. The van der Waals surface area contributed by atoms with Gasteiger partial charge >= 0.3 is 0 Å². The van der Waals surface area contributed by atoms with Gasteiger partial charge in [0.1, 0.15) is 17.5 Å². The van der Waals surface area contributed by atoms with E-state index in [4.69, 9.17) is 22.1 Å². The summed E-state index contributed by atoms with van der Waals surface area (Å²) in [6.45, 7) is 6.29. The highest BCUT2D eigenvalue weighted by Crippen LogP contribution is 2.27. The van der Waals surface area contributed by atoms with Crippen LogP contribution in [-0.4, -0.2) is 9.78 Å². The van der Waals surface area contributed by atoms with Crippen LogP contribution >= 0.6 is 11.6 Å². The fourth-order valence-corrected chi connectivity index (χ4v) is 2.22. The van der Waals surface area contributed by atoms with Gasteiger partial charge in [-0.3, -0.25) is 4.68 Å². The molecule has 0 amide bonds. The maximum absolute atomic E-state index is 6.17. The Hall–Kier alpha value is -1.68. The Morgan fingerprint density at radius 2 is 1.95 bits per heavy atom. The number of aromatic nitrogens is 2. The quantitative estimate of drug-likeness (QED) is 0.878. The smallest absolute Gasteiger partial charge is 0.133 e. The number of hydrogen-bond acceptors (Lipinski definition) is 3. The third-order valence-corrected chi connectivity index (χ3v) is 3.68. The van der Waals surface area contributed by atoms with E-state index >= 15 is 0 Å². The second-order valence-electron chi connectivity index (χ2n) is 4.74. The molecule has 2 aromatic rings. The first-order chi connectivity index (χ1) is 8.90. The Morgan fingerprint density at radius 3 is 2.53 bits per heavy atom. The molecule has 0 bridgehead atoms. The van der Waals surface area contributed by atoms with Crippen LogP contribution in [0.2, 0.25) is 5.15 Å². The summed E-state index contributed by atoms with van der Waals surface area (Å²) in [5.41, 5.74) is 10.5. The van der Waals surface area contributed by atoms with Crippen LogP contribution in [0.4, 0.5) is 5.69 Å². The molecule has 0 spiro atoms. The molecule has 5 heteroatoms. The van der Waals surface area contributed by atoms with Crippen molar-refractivity contribution >= 4 is 17.3 Å².